The average molecular weight is 392 g/mol. The maximum atomic E-state index is 12.4. The van der Waals surface area contributed by atoms with Crippen LogP contribution < -0.4 is 0 Å². The number of carbonyl (C=O) groups is 1. The minimum absolute atomic E-state index is 0.0672. The van der Waals surface area contributed by atoms with Crippen LogP contribution in [0.5, 0.6) is 0 Å². The van der Waals surface area contributed by atoms with Crippen molar-refractivity contribution < 1.29 is 4.79 Å². The highest BCUT2D eigenvalue weighted by atomic mass is 79.9. The molecule has 0 atom stereocenters. The molecule has 0 spiro atoms. The molecule has 0 unspecified atom stereocenters. The topological polar surface area (TPSA) is 17.1 Å². The number of hydrogen-bond donors (Lipinski definition) is 0. The molecule has 1 nitrogen and oxygen atoms in total. The lowest BCUT2D eigenvalue weighted by atomic mass is 10.1. The Labute approximate surface area is 125 Å². The number of ketones is 1. The average Bonchev–Trinajstić information content (AvgIpc) is 2.69. The molecule has 0 aliphatic rings. The van der Waals surface area contributed by atoms with Gasteiger partial charge >= 0.3 is 0 Å². The molecule has 0 aliphatic heterocycles. The zero-order chi connectivity index (χ0) is 12.4. The van der Waals surface area contributed by atoms with Crippen LogP contribution in [0.4, 0.5) is 0 Å². The number of rotatable bonds is 3. The molecule has 0 N–H and O–H groups in total. The Hall–Kier alpha value is -0.100. The quantitative estimate of drug-likeness (QED) is 0.526. The summed E-state index contributed by atoms with van der Waals surface area (Å²) in [5.74, 6) is 0.0672. The molecule has 0 amide bonds. The standard InChI is InChI=1S/C12H8Br2OS2/c1-16-9-5-3-2-4-7(9)11(15)12-10(14)8(13)6-17-12/h2-6H,1H3. The highest BCUT2D eigenvalue weighted by Gasteiger charge is 2.18. The first-order chi connectivity index (χ1) is 8.15. The van der Waals surface area contributed by atoms with E-state index in [1.807, 2.05) is 35.9 Å². The van der Waals surface area contributed by atoms with Crippen LogP contribution in [0.1, 0.15) is 15.2 Å². The van der Waals surface area contributed by atoms with Crippen molar-refractivity contribution in [2.24, 2.45) is 0 Å². The molecule has 1 heterocycles. The van der Waals surface area contributed by atoms with Crippen molar-refractivity contribution in [1.29, 1.82) is 0 Å². The first-order valence-electron chi connectivity index (χ1n) is 4.75. The molecule has 5 heteroatoms. The van der Waals surface area contributed by atoms with Gasteiger partial charge in [-0.3, -0.25) is 4.79 Å². The van der Waals surface area contributed by atoms with Gasteiger partial charge in [0.1, 0.15) is 0 Å². The molecule has 88 valence electrons. The number of thiophene rings is 1. The van der Waals surface area contributed by atoms with E-state index >= 15 is 0 Å². The molecule has 0 aliphatic carbocycles. The van der Waals surface area contributed by atoms with Gasteiger partial charge in [0.2, 0.25) is 5.78 Å². The molecule has 0 fully saturated rings. The maximum absolute atomic E-state index is 12.4. The SMILES string of the molecule is CSc1ccccc1C(=O)c1scc(Br)c1Br. The third kappa shape index (κ3) is 2.67. The Morgan fingerprint density at radius 3 is 2.59 bits per heavy atom. The fourth-order valence-corrected chi connectivity index (χ4v) is 4.13. The number of halogens is 2. The number of thioether (sulfide) groups is 1. The zero-order valence-corrected chi connectivity index (χ0v) is 13.7. The Balaban J connectivity index is 2.47. The lowest BCUT2D eigenvalue weighted by molar-refractivity contribution is 0.103. The van der Waals surface area contributed by atoms with E-state index in [9.17, 15) is 4.79 Å². The summed E-state index contributed by atoms with van der Waals surface area (Å²) in [5.41, 5.74) is 0.759. The molecule has 0 saturated carbocycles. The van der Waals surface area contributed by atoms with Crippen LogP contribution in [-0.4, -0.2) is 12.0 Å². The normalized spacial score (nSPS) is 10.5. The van der Waals surface area contributed by atoms with Crippen LogP contribution in [0, 0.1) is 0 Å². The molecule has 2 aromatic rings. The van der Waals surface area contributed by atoms with Gasteiger partial charge in [-0.2, -0.15) is 0 Å². The van der Waals surface area contributed by atoms with E-state index in [1.165, 1.54) is 11.3 Å². The van der Waals surface area contributed by atoms with E-state index in [-0.39, 0.29) is 5.78 Å². The zero-order valence-electron chi connectivity index (χ0n) is 8.87. The Bertz CT molecular complexity index is 563. The Morgan fingerprint density at radius 2 is 2.00 bits per heavy atom. The first-order valence-corrected chi connectivity index (χ1v) is 8.44. The Kier molecular flexibility index (Phi) is 4.47. The van der Waals surface area contributed by atoms with Crippen molar-refractivity contribution in [2.75, 3.05) is 6.26 Å². The summed E-state index contributed by atoms with van der Waals surface area (Å²) in [6.45, 7) is 0. The molecule has 2 rings (SSSR count). The largest absolute Gasteiger partial charge is 0.288 e. The third-order valence-corrected chi connectivity index (χ3v) is 6.57. The number of benzene rings is 1. The third-order valence-electron chi connectivity index (χ3n) is 2.25. The molecule has 17 heavy (non-hydrogen) atoms. The minimum atomic E-state index is 0.0672. The van der Waals surface area contributed by atoms with Gasteiger partial charge in [-0.15, -0.1) is 23.1 Å². The van der Waals surface area contributed by atoms with Crippen molar-refractivity contribution >= 4 is 60.7 Å². The fraction of sp³-hybridized carbons (Fsp3) is 0.0833. The van der Waals surface area contributed by atoms with Crippen LogP contribution in [0.2, 0.25) is 0 Å². The monoisotopic (exact) mass is 390 g/mol. The van der Waals surface area contributed by atoms with Gasteiger partial charge < -0.3 is 0 Å². The Morgan fingerprint density at radius 1 is 1.29 bits per heavy atom. The lowest BCUT2D eigenvalue weighted by Gasteiger charge is -2.04. The van der Waals surface area contributed by atoms with Gasteiger partial charge in [-0.05, 0) is 50.2 Å². The van der Waals surface area contributed by atoms with Crippen molar-refractivity contribution in [3.63, 3.8) is 0 Å². The lowest BCUT2D eigenvalue weighted by Crippen LogP contribution is -2.01. The number of hydrogen-bond acceptors (Lipinski definition) is 3. The summed E-state index contributed by atoms with van der Waals surface area (Å²) in [7, 11) is 0. The van der Waals surface area contributed by atoms with Gasteiger partial charge in [0.05, 0.1) is 9.35 Å². The van der Waals surface area contributed by atoms with E-state index in [0.29, 0.717) is 0 Å². The van der Waals surface area contributed by atoms with Crippen LogP contribution in [0.25, 0.3) is 0 Å². The van der Waals surface area contributed by atoms with Crippen molar-refractivity contribution in [2.45, 2.75) is 4.90 Å². The molecular weight excluding hydrogens is 384 g/mol. The van der Waals surface area contributed by atoms with Gasteiger partial charge in [-0.1, -0.05) is 12.1 Å². The second-order valence-corrected chi connectivity index (χ2v) is 6.63. The van der Waals surface area contributed by atoms with Crippen molar-refractivity contribution in [3.05, 3.63) is 49.0 Å². The van der Waals surface area contributed by atoms with E-state index in [0.717, 1.165) is 24.3 Å². The van der Waals surface area contributed by atoms with E-state index in [2.05, 4.69) is 31.9 Å². The second-order valence-electron chi connectivity index (χ2n) is 3.26. The van der Waals surface area contributed by atoms with Crippen LogP contribution in [0.3, 0.4) is 0 Å². The van der Waals surface area contributed by atoms with Crippen LogP contribution in [0.15, 0.2) is 43.5 Å². The summed E-state index contributed by atoms with van der Waals surface area (Å²) in [6.07, 6.45) is 1.98. The second kappa shape index (κ2) is 5.69. The predicted molar refractivity (Wildman–Crippen MR) is 81.4 cm³/mol. The first kappa shape index (κ1) is 13.3. The molecule has 0 radical (unpaired) electrons. The van der Waals surface area contributed by atoms with Gasteiger partial charge in [0.15, 0.2) is 0 Å². The van der Waals surface area contributed by atoms with Gasteiger partial charge in [-0.25, -0.2) is 0 Å². The van der Waals surface area contributed by atoms with E-state index < -0.39 is 0 Å². The summed E-state index contributed by atoms with van der Waals surface area (Å²) in [6, 6.07) is 7.67. The maximum Gasteiger partial charge on any atom is 0.205 e. The molecule has 0 saturated heterocycles. The van der Waals surface area contributed by atoms with Gasteiger partial charge in [0, 0.05) is 20.3 Å². The summed E-state index contributed by atoms with van der Waals surface area (Å²) < 4.78 is 1.76. The summed E-state index contributed by atoms with van der Waals surface area (Å²) in [4.78, 5) is 14.1. The van der Waals surface area contributed by atoms with Crippen LogP contribution >= 0.6 is 55.0 Å². The number of carbonyl (C=O) groups excluding carboxylic acids is 1. The van der Waals surface area contributed by atoms with Crippen molar-refractivity contribution in [1.82, 2.24) is 0 Å². The molecule has 1 aromatic carbocycles. The summed E-state index contributed by atoms with van der Waals surface area (Å²) >= 11 is 9.86. The van der Waals surface area contributed by atoms with E-state index in [1.54, 1.807) is 11.8 Å². The van der Waals surface area contributed by atoms with Crippen LogP contribution in [-0.2, 0) is 0 Å². The van der Waals surface area contributed by atoms with Gasteiger partial charge in [0.25, 0.3) is 0 Å². The molecule has 1 aromatic heterocycles. The predicted octanol–water partition coefficient (Wildman–Crippen LogP) is 5.23. The highest BCUT2D eigenvalue weighted by Crippen LogP contribution is 2.35. The molecule has 0 bridgehead atoms. The summed E-state index contributed by atoms with van der Waals surface area (Å²) in [5, 5.41) is 1.92. The van der Waals surface area contributed by atoms with Crippen molar-refractivity contribution in [3.8, 4) is 0 Å². The van der Waals surface area contributed by atoms with E-state index in [4.69, 9.17) is 0 Å². The molecular formula is C12H8Br2OS2. The minimum Gasteiger partial charge on any atom is -0.288 e. The highest BCUT2D eigenvalue weighted by molar-refractivity contribution is 9.13. The smallest absolute Gasteiger partial charge is 0.205 e. The fourth-order valence-electron chi connectivity index (χ4n) is 1.43.